The molecule has 4 nitrogen and oxygen atoms in total. The van der Waals surface area contributed by atoms with Crippen molar-refractivity contribution >= 4 is 11.8 Å². The van der Waals surface area contributed by atoms with Crippen LogP contribution in [-0.2, 0) is 10.2 Å². The summed E-state index contributed by atoms with van der Waals surface area (Å²) < 4.78 is 0. The first-order valence-electron chi connectivity index (χ1n) is 8.04. The summed E-state index contributed by atoms with van der Waals surface area (Å²) in [7, 11) is 0. The van der Waals surface area contributed by atoms with Gasteiger partial charge in [0.05, 0.1) is 6.54 Å². The van der Waals surface area contributed by atoms with E-state index >= 15 is 0 Å². The Morgan fingerprint density at radius 2 is 1.68 bits per heavy atom. The molecule has 0 atom stereocenters. The van der Waals surface area contributed by atoms with Gasteiger partial charge in [-0.2, -0.15) is 0 Å². The molecule has 2 rings (SSSR count). The van der Waals surface area contributed by atoms with Crippen molar-refractivity contribution in [2.75, 3.05) is 6.54 Å². The van der Waals surface area contributed by atoms with Crippen LogP contribution in [0.25, 0.3) is 0 Å². The highest BCUT2D eigenvalue weighted by atomic mass is 16.2. The Morgan fingerprint density at radius 3 is 2.23 bits per heavy atom. The van der Waals surface area contributed by atoms with Crippen molar-refractivity contribution < 1.29 is 9.59 Å². The maximum Gasteiger partial charge on any atom is 0.251 e. The minimum absolute atomic E-state index is 0.0381. The van der Waals surface area contributed by atoms with Gasteiger partial charge in [0.1, 0.15) is 0 Å². The van der Waals surface area contributed by atoms with Crippen molar-refractivity contribution in [3.63, 3.8) is 0 Å². The number of hydrogen-bond donors (Lipinski definition) is 2. The first-order valence-corrected chi connectivity index (χ1v) is 8.04. The predicted octanol–water partition coefficient (Wildman–Crippen LogP) is 2.77. The lowest BCUT2D eigenvalue weighted by Gasteiger charge is -2.19. The van der Waals surface area contributed by atoms with Gasteiger partial charge in [0.25, 0.3) is 5.91 Å². The molecule has 2 amide bonds. The van der Waals surface area contributed by atoms with Crippen LogP contribution in [0.4, 0.5) is 0 Å². The van der Waals surface area contributed by atoms with E-state index in [0.29, 0.717) is 5.56 Å². The lowest BCUT2D eigenvalue weighted by molar-refractivity contribution is -0.120. The molecule has 0 aliphatic heterocycles. The molecule has 0 radical (unpaired) electrons. The van der Waals surface area contributed by atoms with E-state index in [4.69, 9.17) is 0 Å². The standard InChI is InChI=1S/C18H26N2O2/c1-18(2,3)14-10-8-13(9-11-14)17(22)19-12-16(21)20-15-6-4-5-7-15/h8-11,15H,4-7,12H2,1-3H3,(H,19,22)(H,20,21). The monoisotopic (exact) mass is 302 g/mol. The van der Waals surface area contributed by atoms with Crippen LogP contribution < -0.4 is 10.6 Å². The lowest BCUT2D eigenvalue weighted by atomic mass is 9.87. The Kier molecular flexibility index (Phi) is 5.22. The van der Waals surface area contributed by atoms with Gasteiger partial charge in [0, 0.05) is 11.6 Å². The molecule has 4 heteroatoms. The van der Waals surface area contributed by atoms with E-state index in [2.05, 4.69) is 31.4 Å². The third-order valence-electron chi connectivity index (χ3n) is 4.14. The summed E-state index contributed by atoms with van der Waals surface area (Å²) in [5, 5.41) is 5.64. The fourth-order valence-electron chi connectivity index (χ4n) is 2.73. The minimum atomic E-state index is -0.206. The van der Waals surface area contributed by atoms with Gasteiger partial charge in [-0.25, -0.2) is 0 Å². The van der Waals surface area contributed by atoms with E-state index in [1.54, 1.807) is 0 Å². The van der Waals surface area contributed by atoms with Crippen LogP contribution in [0.1, 0.15) is 62.4 Å². The zero-order chi connectivity index (χ0) is 16.2. The van der Waals surface area contributed by atoms with Gasteiger partial charge >= 0.3 is 0 Å². The predicted molar refractivity (Wildman–Crippen MR) is 87.9 cm³/mol. The van der Waals surface area contributed by atoms with Gasteiger partial charge < -0.3 is 10.6 Å². The molecule has 22 heavy (non-hydrogen) atoms. The maximum absolute atomic E-state index is 12.1. The van der Waals surface area contributed by atoms with E-state index in [1.807, 2.05) is 24.3 Å². The quantitative estimate of drug-likeness (QED) is 0.898. The fraction of sp³-hybridized carbons (Fsp3) is 0.556. The van der Waals surface area contributed by atoms with Gasteiger partial charge in [0.15, 0.2) is 0 Å². The van der Waals surface area contributed by atoms with Crippen LogP contribution in [-0.4, -0.2) is 24.4 Å². The largest absolute Gasteiger partial charge is 0.352 e. The number of hydrogen-bond acceptors (Lipinski definition) is 2. The maximum atomic E-state index is 12.1. The van der Waals surface area contributed by atoms with Crippen molar-refractivity contribution in [2.24, 2.45) is 0 Å². The summed E-state index contributed by atoms with van der Waals surface area (Å²) in [6.45, 7) is 6.44. The second-order valence-corrected chi connectivity index (χ2v) is 7.06. The zero-order valence-corrected chi connectivity index (χ0v) is 13.7. The first-order chi connectivity index (χ1) is 10.4. The Bertz CT molecular complexity index is 523. The number of amides is 2. The highest BCUT2D eigenvalue weighted by molar-refractivity contribution is 5.96. The van der Waals surface area contributed by atoms with Crippen LogP contribution >= 0.6 is 0 Å². The summed E-state index contributed by atoms with van der Waals surface area (Å²) in [5.41, 5.74) is 1.83. The Balaban J connectivity index is 1.82. The van der Waals surface area contributed by atoms with E-state index < -0.39 is 0 Å². The molecule has 1 aliphatic rings. The summed E-state index contributed by atoms with van der Waals surface area (Å²) in [4.78, 5) is 23.9. The van der Waals surface area contributed by atoms with Gasteiger partial charge in [0.2, 0.25) is 5.91 Å². The molecule has 0 bridgehead atoms. The molecule has 1 aromatic rings. The molecule has 2 N–H and O–H groups in total. The lowest BCUT2D eigenvalue weighted by Crippen LogP contribution is -2.40. The third-order valence-corrected chi connectivity index (χ3v) is 4.14. The highest BCUT2D eigenvalue weighted by Crippen LogP contribution is 2.22. The topological polar surface area (TPSA) is 58.2 Å². The van der Waals surface area contributed by atoms with Gasteiger partial charge in [-0.1, -0.05) is 45.7 Å². The van der Waals surface area contributed by atoms with Crippen LogP contribution in [0.2, 0.25) is 0 Å². The molecule has 120 valence electrons. The molecule has 0 spiro atoms. The molecule has 0 heterocycles. The minimum Gasteiger partial charge on any atom is -0.352 e. The molecule has 1 aliphatic carbocycles. The van der Waals surface area contributed by atoms with E-state index in [0.717, 1.165) is 12.8 Å². The number of carbonyl (C=O) groups is 2. The number of benzene rings is 1. The van der Waals surface area contributed by atoms with E-state index in [-0.39, 0.29) is 29.8 Å². The van der Waals surface area contributed by atoms with Crippen molar-refractivity contribution in [2.45, 2.75) is 57.9 Å². The van der Waals surface area contributed by atoms with Crippen LogP contribution in [0.15, 0.2) is 24.3 Å². The molecule has 1 aromatic carbocycles. The van der Waals surface area contributed by atoms with Gasteiger partial charge in [-0.15, -0.1) is 0 Å². The molecule has 0 aromatic heterocycles. The first kappa shape index (κ1) is 16.5. The van der Waals surface area contributed by atoms with Crippen molar-refractivity contribution in [3.05, 3.63) is 35.4 Å². The van der Waals surface area contributed by atoms with Gasteiger partial charge in [-0.3, -0.25) is 9.59 Å². The van der Waals surface area contributed by atoms with E-state index in [1.165, 1.54) is 18.4 Å². The summed E-state index contributed by atoms with van der Waals surface area (Å²) in [6.07, 6.45) is 4.46. The normalized spacial score (nSPS) is 15.6. The zero-order valence-electron chi connectivity index (χ0n) is 13.7. The number of nitrogens with one attached hydrogen (secondary N) is 2. The van der Waals surface area contributed by atoms with Crippen molar-refractivity contribution in [1.82, 2.24) is 10.6 Å². The average molecular weight is 302 g/mol. The Morgan fingerprint density at radius 1 is 1.09 bits per heavy atom. The molecule has 1 saturated carbocycles. The van der Waals surface area contributed by atoms with E-state index in [9.17, 15) is 9.59 Å². The second-order valence-electron chi connectivity index (χ2n) is 7.06. The molecule has 1 fully saturated rings. The summed E-state index contributed by atoms with van der Waals surface area (Å²) in [6, 6.07) is 7.84. The molecule has 0 unspecified atom stereocenters. The number of rotatable bonds is 4. The van der Waals surface area contributed by atoms with Crippen LogP contribution in [0.5, 0.6) is 0 Å². The molecular weight excluding hydrogens is 276 g/mol. The average Bonchev–Trinajstić information content (AvgIpc) is 2.97. The summed E-state index contributed by atoms with van der Waals surface area (Å²) in [5.74, 6) is -0.311. The molecular formula is C18H26N2O2. The molecule has 0 saturated heterocycles. The van der Waals surface area contributed by atoms with Crippen LogP contribution in [0, 0.1) is 0 Å². The van der Waals surface area contributed by atoms with Crippen molar-refractivity contribution in [1.29, 1.82) is 0 Å². The van der Waals surface area contributed by atoms with Crippen LogP contribution in [0.3, 0.4) is 0 Å². The summed E-state index contributed by atoms with van der Waals surface area (Å²) >= 11 is 0. The fourth-order valence-corrected chi connectivity index (χ4v) is 2.73. The smallest absolute Gasteiger partial charge is 0.251 e. The second kappa shape index (κ2) is 6.95. The SMILES string of the molecule is CC(C)(C)c1ccc(C(=O)NCC(=O)NC2CCCC2)cc1. The van der Waals surface area contributed by atoms with Gasteiger partial charge in [-0.05, 0) is 36.0 Å². The Hall–Kier alpha value is -1.84. The number of carbonyl (C=O) groups excluding carboxylic acids is 2. The third kappa shape index (κ3) is 4.58. The highest BCUT2D eigenvalue weighted by Gasteiger charge is 2.18. The Labute approximate surface area is 132 Å². The van der Waals surface area contributed by atoms with Crippen molar-refractivity contribution in [3.8, 4) is 0 Å².